The fourth-order valence-corrected chi connectivity index (χ4v) is 6.27. The van der Waals surface area contributed by atoms with Gasteiger partial charge in [0, 0.05) is 66.2 Å². The third-order valence-corrected chi connectivity index (χ3v) is 9.16. The summed E-state index contributed by atoms with van der Waals surface area (Å²) in [5, 5.41) is 17.1. The van der Waals surface area contributed by atoms with Crippen molar-refractivity contribution in [2.75, 3.05) is 34.7 Å². The Morgan fingerprint density at radius 1 is 1.04 bits per heavy atom. The molecule has 0 aromatic heterocycles. The third kappa shape index (κ3) is 14.1. The van der Waals surface area contributed by atoms with Crippen LogP contribution in [-0.2, 0) is 75.9 Å². The van der Waals surface area contributed by atoms with Crippen molar-refractivity contribution in [3.8, 4) is 0 Å². The first-order valence-electron chi connectivity index (χ1n) is 17.7. The molecule has 1 unspecified atom stereocenters. The minimum Gasteiger partial charge on any atom is -0.654 e. The molecular weight excluding hydrogens is 767 g/mol. The Balaban J connectivity index is 0.00000277. The molecule has 7 N–H and O–H groups in total. The molecule has 0 spiro atoms. The molecule has 0 bridgehead atoms. The van der Waals surface area contributed by atoms with Gasteiger partial charge >= 0.3 is 6.03 Å². The molecule has 15 nitrogen and oxygen atoms in total. The van der Waals surface area contributed by atoms with E-state index in [0.717, 1.165) is 22.3 Å². The fourth-order valence-electron chi connectivity index (χ4n) is 6.27. The summed E-state index contributed by atoms with van der Waals surface area (Å²) in [6.45, 7) is 5.80. The van der Waals surface area contributed by atoms with Crippen molar-refractivity contribution < 1.29 is 61.5 Å². The molecule has 0 aliphatic heterocycles. The maximum atomic E-state index is 14.3. The van der Waals surface area contributed by atoms with Gasteiger partial charge in [0.05, 0.1) is 17.8 Å². The number of carbonyl (C=O) groups excluding carboxylic acids is 6. The smallest absolute Gasteiger partial charge is 0.315 e. The van der Waals surface area contributed by atoms with E-state index in [1.165, 1.54) is 39.5 Å². The number of amides is 7. The van der Waals surface area contributed by atoms with Crippen molar-refractivity contribution in [3.63, 3.8) is 0 Å². The molecule has 0 saturated heterocycles. The monoisotopic (exact) mass is 822 g/mol. The van der Waals surface area contributed by atoms with Crippen LogP contribution >= 0.6 is 0 Å². The standard InChI is InChI=1S/C36H52N8O5.C2H4NO.Y/c1-7-30(32(46)38-4)44(6)33(47)28(17-12-20-40-24(3)37)41-31(45)29(21-25-14-9-8-10-15-25)42-34(48)36(43-35(49)39-5)19-18-27-23(2)13-11-16-26(27)22-36;1-3-2-4;/h8-11,13-16,28-30H,7,12,17-22H2,1-6H3,(H7,37,38,39,40,41,42,43,45,46,48,49);1H3,(H,3,4);/q;-1;/p-1/t28-,29+,30-,36?;;/m0../s1. The van der Waals surface area contributed by atoms with Gasteiger partial charge in [-0.3, -0.25) is 19.4 Å². The van der Waals surface area contributed by atoms with Crippen LogP contribution in [0.25, 0.3) is 5.32 Å². The number of urea groups is 1. The summed E-state index contributed by atoms with van der Waals surface area (Å²) in [5.41, 5.74) is 8.35. The predicted octanol–water partition coefficient (Wildman–Crippen LogP) is 1.56. The van der Waals surface area contributed by atoms with Crippen molar-refractivity contribution in [2.45, 2.75) is 89.4 Å². The van der Waals surface area contributed by atoms with Crippen LogP contribution in [0.15, 0.2) is 53.5 Å². The fraction of sp³-hybridized carbons (Fsp3) is 0.500. The zero-order chi connectivity index (χ0) is 39.6. The molecule has 1 aliphatic carbocycles. The molecule has 54 heavy (non-hydrogen) atoms. The van der Waals surface area contributed by atoms with Gasteiger partial charge in [0.15, 0.2) is 0 Å². The van der Waals surface area contributed by atoms with Crippen LogP contribution in [0.1, 0.15) is 61.8 Å². The Labute approximate surface area is 344 Å². The van der Waals surface area contributed by atoms with Crippen LogP contribution in [0.5, 0.6) is 0 Å². The maximum Gasteiger partial charge on any atom is 0.315 e. The van der Waals surface area contributed by atoms with Crippen molar-refractivity contribution >= 4 is 41.9 Å². The number of likely N-dealkylation sites (N-methyl/N-ethyl adjacent to an activating group) is 2. The van der Waals surface area contributed by atoms with E-state index in [9.17, 15) is 24.0 Å². The Hall–Kier alpha value is -4.37. The second-order valence-electron chi connectivity index (χ2n) is 12.9. The van der Waals surface area contributed by atoms with Gasteiger partial charge in [-0.2, -0.15) is 6.41 Å². The number of rotatable bonds is 16. The van der Waals surface area contributed by atoms with E-state index in [1.807, 2.05) is 55.5 Å². The van der Waals surface area contributed by atoms with Crippen LogP contribution in [0.3, 0.4) is 0 Å². The number of nitrogens with two attached hydrogens (primary N) is 1. The van der Waals surface area contributed by atoms with E-state index in [0.29, 0.717) is 38.1 Å². The molecule has 1 radical (unpaired) electrons. The Kier molecular flexibility index (Phi) is 21.3. The topological polar surface area (TPSA) is 218 Å². The summed E-state index contributed by atoms with van der Waals surface area (Å²) in [6, 6.07) is 11.7. The quantitative estimate of drug-likeness (QED) is 0.0483. The number of benzene rings is 2. The van der Waals surface area contributed by atoms with Gasteiger partial charge < -0.3 is 52.1 Å². The van der Waals surface area contributed by atoms with Crippen LogP contribution in [0, 0.1) is 6.92 Å². The molecule has 0 heterocycles. The molecule has 0 fully saturated rings. The first-order valence-corrected chi connectivity index (χ1v) is 17.7. The summed E-state index contributed by atoms with van der Waals surface area (Å²) in [4.78, 5) is 82.0. The number of aliphatic imine (C=N–C) groups is 1. The molecule has 7 amide bonds. The second-order valence-corrected chi connectivity index (χ2v) is 12.9. The number of aryl methyl sites for hydroxylation is 1. The minimum absolute atomic E-state index is 0. The molecule has 16 heteroatoms. The van der Waals surface area contributed by atoms with Crippen molar-refractivity contribution in [2.24, 2.45) is 10.7 Å². The number of amidine groups is 1. The number of carbonyl (C=O) groups is 5. The molecule has 2 aromatic rings. The number of hydrogen-bond donors (Lipinski definition) is 6. The van der Waals surface area contributed by atoms with Gasteiger partial charge in [-0.05, 0) is 75.3 Å². The number of nitrogens with one attached hydrogen (secondary N) is 5. The van der Waals surface area contributed by atoms with E-state index in [-0.39, 0.29) is 52.0 Å². The van der Waals surface area contributed by atoms with E-state index in [4.69, 9.17) is 10.5 Å². The van der Waals surface area contributed by atoms with Crippen LogP contribution in [0.2, 0.25) is 0 Å². The third-order valence-electron chi connectivity index (χ3n) is 9.16. The van der Waals surface area contributed by atoms with Crippen molar-refractivity contribution in [1.82, 2.24) is 31.5 Å². The molecule has 4 atom stereocenters. The van der Waals surface area contributed by atoms with Crippen LogP contribution < -0.4 is 32.3 Å². The zero-order valence-electron chi connectivity index (χ0n) is 32.5. The number of nitrogens with zero attached hydrogens (tertiary/aromatic N) is 3. The Morgan fingerprint density at radius 2 is 1.70 bits per heavy atom. The summed E-state index contributed by atoms with van der Waals surface area (Å²) < 4.78 is 0. The summed E-state index contributed by atoms with van der Waals surface area (Å²) in [7, 11) is 5.88. The molecule has 293 valence electrons. The minimum atomic E-state index is -1.33. The van der Waals surface area contributed by atoms with Crippen molar-refractivity contribution in [3.05, 3.63) is 76.1 Å². The average Bonchev–Trinajstić information content (AvgIpc) is 3.15. The summed E-state index contributed by atoms with van der Waals surface area (Å²) in [6.07, 6.45) is 3.66. The van der Waals surface area contributed by atoms with Gasteiger partial charge in [-0.1, -0.05) is 55.5 Å². The van der Waals surface area contributed by atoms with E-state index < -0.39 is 53.3 Å². The van der Waals surface area contributed by atoms with E-state index in [1.54, 1.807) is 13.8 Å². The van der Waals surface area contributed by atoms with Gasteiger partial charge in [-0.25, -0.2) is 4.79 Å². The first kappa shape index (κ1) is 47.7. The summed E-state index contributed by atoms with van der Waals surface area (Å²) in [5.74, 6) is -1.60. The number of hydrogen-bond acceptors (Lipinski definition) is 7. The Morgan fingerprint density at radius 3 is 2.28 bits per heavy atom. The molecular formula is C38H55N9O6Y-2. The maximum absolute atomic E-state index is 14.3. The van der Waals surface area contributed by atoms with Crippen LogP contribution in [-0.4, -0.2) is 105 Å². The van der Waals surface area contributed by atoms with E-state index >= 15 is 0 Å². The van der Waals surface area contributed by atoms with Gasteiger partial charge in [0.1, 0.15) is 17.6 Å². The predicted molar refractivity (Wildman–Crippen MR) is 205 cm³/mol. The van der Waals surface area contributed by atoms with Crippen molar-refractivity contribution in [1.29, 1.82) is 0 Å². The van der Waals surface area contributed by atoms with Gasteiger partial charge in [0.2, 0.25) is 17.7 Å². The molecule has 1 aliphatic rings. The Bertz CT molecular complexity index is 1590. The van der Waals surface area contributed by atoms with Gasteiger partial charge in [-0.15, -0.1) is 7.05 Å². The van der Waals surface area contributed by atoms with E-state index in [2.05, 4.69) is 36.9 Å². The molecule has 3 rings (SSSR count). The zero-order valence-corrected chi connectivity index (χ0v) is 35.3. The normalized spacial score (nSPS) is 16.2. The summed E-state index contributed by atoms with van der Waals surface area (Å²) >= 11 is 0. The molecule has 2 aromatic carbocycles. The largest absolute Gasteiger partial charge is 0.654 e. The SMILES string of the molecule is CC[C@@H](C(=O)[N-]C)N(C)C(=O)[C@H](CCCN=C(C)N)NC(=O)[C@@H](Cc1ccccc1)NC(=O)C1(NC(=O)NC)CCc2c(C)cccc2C1.CN[C-]=O.[Y]. The van der Waals surface area contributed by atoms with Crippen LogP contribution in [0.4, 0.5) is 4.79 Å². The van der Waals surface area contributed by atoms with Gasteiger partial charge in [0.25, 0.3) is 0 Å². The first-order chi connectivity index (χ1) is 25.3. The molecule has 0 saturated carbocycles. The number of fused-ring (bicyclic) bond motifs is 1. The average molecular weight is 823 g/mol. The second kappa shape index (κ2) is 24.1.